The Kier molecular flexibility index (Phi) is 7.00. The number of nitriles is 1. The number of halogens is 1. The first-order valence-electron chi connectivity index (χ1n) is 7.72. The van der Waals surface area contributed by atoms with Crippen molar-refractivity contribution in [1.82, 2.24) is 5.43 Å². The molecule has 2 aromatic carbocycles. The lowest BCUT2D eigenvalue weighted by Gasteiger charge is -2.08. The number of ether oxygens (including phenoxy) is 1. The van der Waals surface area contributed by atoms with Gasteiger partial charge in [-0.3, -0.25) is 10.2 Å². The molecule has 0 heterocycles. The maximum absolute atomic E-state index is 11.3. The van der Waals surface area contributed by atoms with E-state index in [0.717, 1.165) is 16.9 Å². The van der Waals surface area contributed by atoms with Gasteiger partial charge in [0.05, 0.1) is 18.7 Å². The molecule has 1 unspecified atom stereocenters. The smallest absolute Gasteiger partial charge is 0.154 e. The zero-order valence-electron chi connectivity index (χ0n) is 13.8. The van der Waals surface area contributed by atoms with Crippen molar-refractivity contribution < 1.29 is 9.53 Å². The molecule has 0 fully saturated rings. The molecule has 128 valence electrons. The fourth-order valence-corrected chi connectivity index (χ4v) is 2.10. The number of hydrogen-bond donors (Lipinski definition) is 1. The van der Waals surface area contributed by atoms with E-state index in [-0.39, 0.29) is 12.2 Å². The van der Waals surface area contributed by atoms with Crippen LogP contribution in [-0.2, 0) is 11.4 Å². The number of carbonyl (C=O) groups is 1. The van der Waals surface area contributed by atoms with Gasteiger partial charge >= 0.3 is 0 Å². The minimum atomic E-state index is -0.580. The largest absolute Gasteiger partial charge is 0.489 e. The first kappa shape index (κ1) is 18.5. The van der Waals surface area contributed by atoms with E-state index in [1.165, 1.54) is 6.92 Å². The van der Waals surface area contributed by atoms with E-state index in [9.17, 15) is 4.79 Å². The van der Waals surface area contributed by atoms with E-state index in [0.29, 0.717) is 11.6 Å². The van der Waals surface area contributed by atoms with Gasteiger partial charge in [0.2, 0.25) is 0 Å². The maximum Gasteiger partial charge on any atom is 0.154 e. The maximum atomic E-state index is 11.3. The Labute approximate surface area is 151 Å². The summed E-state index contributed by atoms with van der Waals surface area (Å²) in [6.45, 7) is 1.89. The third-order valence-electron chi connectivity index (χ3n) is 3.43. The highest BCUT2D eigenvalue weighted by atomic mass is 35.5. The summed E-state index contributed by atoms with van der Waals surface area (Å²) in [6, 6.07) is 16.3. The minimum Gasteiger partial charge on any atom is -0.489 e. The molecule has 2 aromatic rings. The van der Waals surface area contributed by atoms with Crippen LogP contribution in [0, 0.1) is 11.3 Å². The van der Waals surface area contributed by atoms with Crippen LogP contribution in [-0.4, -0.2) is 18.0 Å². The Hall–Kier alpha value is -2.84. The van der Waals surface area contributed by atoms with E-state index < -0.39 is 6.04 Å². The van der Waals surface area contributed by atoms with E-state index in [1.54, 1.807) is 6.21 Å². The van der Waals surface area contributed by atoms with Crippen LogP contribution < -0.4 is 10.2 Å². The summed E-state index contributed by atoms with van der Waals surface area (Å²) >= 11 is 5.85. The van der Waals surface area contributed by atoms with E-state index in [2.05, 4.69) is 10.5 Å². The number of Topliss-reactive ketones (excluding diaryl/α,β-unsaturated/α-hetero) is 1. The Bertz CT molecular complexity index is 765. The molecule has 25 heavy (non-hydrogen) atoms. The molecular weight excluding hydrogens is 338 g/mol. The molecule has 0 spiro atoms. The topological polar surface area (TPSA) is 74.5 Å². The summed E-state index contributed by atoms with van der Waals surface area (Å²) in [4.78, 5) is 11.3. The third kappa shape index (κ3) is 6.28. The van der Waals surface area contributed by atoms with E-state index in [1.807, 2.05) is 54.6 Å². The molecule has 0 aromatic heterocycles. The van der Waals surface area contributed by atoms with Crippen LogP contribution in [0.25, 0.3) is 0 Å². The van der Waals surface area contributed by atoms with Crippen molar-refractivity contribution >= 4 is 23.6 Å². The van der Waals surface area contributed by atoms with Gasteiger partial charge in [0.25, 0.3) is 0 Å². The van der Waals surface area contributed by atoms with Gasteiger partial charge in [0.15, 0.2) is 5.78 Å². The van der Waals surface area contributed by atoms with Crippen molar-refractivity contribution in [3.8, 4) is 11.8 Å². The molecule has 6 heteroatoms. The van der Waals surface area contributed by atoms with Gasteiger partial charge < -0.3 is 4.74 Å². The molecule has 1 atom stereocenters. The molecule has 0 saturated heterocycles. The first-order valence-corrected chi connectivity index (χ1v) is 8.09. The molecule has 0 aliphatic rings. The van der Waals surface area contributed by atoms with Crippen LogP contribution in [0.3, 0.4) is 0 Å². The van der Waals surface area contributed by atoms with Crippen LogP contribution in [0.5, 0.6) is 5.75 Å². The van der Waals surface area contributed by atoms with Gasteiger partial charge in [-0.1, -0.05) is 23.7 Å². The average Bonchev–Trinajstić information content (AvgIpc) is 2.61. The lowest BCUT2D eigenvalue weighted by molar-refractivity contribution is -0.118. The number of rotatable bonds is 8. The summed E-state index contributed by atoms with van der Waals surface area (Å²) in [7, 11) is 0. The molecule has 0 saturated carbocycles. The molecule has 0 bridgehead atoms. The Balaban J connectivity index is 1.86. The predicted octanol–water partition coefficient (Wildman–Crippen LogP) is 3.71. The van der Waals surface area contributed by atoms with Gasteiger partial charge in [-0.05, 0) is 54.4 Å². The summed E-state index contributed by atoms with van der Waals surface area (Å²) in [5.74, 6) is 0.621. The average molecular weight is 356 g/mol. The zero-order chi connectivity index (χ0) is 18.1. The SMILES string of the molecule is CC(=O)C(CC#N)NN=Cc1ccc(OCc2ccc(Cl)cc2)cc1. The minimum absolute atomic E-state index is 0.0874. The third-order valence-corrected chi connectivity index (χ3v) is 3.68. The van der Waals surface area contributed by atoms with E-state index >= 15 is 0 Å². The van der Waals surface area contributed by atoms with Crippen molar-refractivity contribution in [2.24, 2.45) is 5.10 Å². The summed E-state index contributed by atoms with van der Waals surface area (Å²) in [6.07, 6.45) is 1.68. The second-order valence-corrected chi connectivity index (χ2v) is 5.83. The van der Waals surface area contributed by atoms with Gasteiger partial charge in [-0.2, -0.15) is 10.4 Å². The highest BCUT2D eigenvalue weighted by Gasteiger charge is 2.11. The predicted molar refractivity (Wildman–Crippen MR) is 97.7 cm³/mol. The fraction of sp³-hybridized carbons (Fsp3) is 0.211. The number of hydrazone groups is 1. The molecule has 0 aliphatic heterocycles. The van der Waals surface area contributed by atoms with Crippen LogP contribution >= 0.6 is 11.6 Å². The number of nitrogens with one attached hydrogen (secondary N) is 1. The number of hydrogen-bond acceptors (Lipinski definition) is 5. The molecule has 5 nitrogen and oxygen atoms in total. The van der Waals surface area contributed by atoms with Crippen molar-refractivity contribution in [3.63, 3.8) is 0 Å². The first-order chi connectivity index (χ1) is 12.1. The molecule has 0 amide bonds. The van der Waals surface area contributed by atoms with Crippen molar-refractivity contribution in [3.05, 3.63) is 64.7 Å². The van der Waals surface area contributed by atoms with Gasteiger partial charge in [-0.15, -0.1) is 0 Å². The fourth-order valence-electron chi connectivity index (χ4n) is 1.97. The normalized spacial score (nSPS) is 11.7. The molecule has 2 rings (SSSR count). The van der Waals surface area contributed by atoms with Crippen molar-refractivity contribution in [2.45, 2.75) is 26.0 Å². The summed E-state index contributed by atoms with van der Waals surface area (Å²) < 4.78 is 5.71. The lowest BCUT2D eigenvalue weighted by atomic mass is 10.2. The lowest BCUT2D eigenvalue weighted by Crippen LogP contribution is -2.31. The second kappa shape index (κ2) is 9.45. The van der Waals surface area contributed by atoms with Crippen LogP contribution in [0.4, 0.5) is 0 Å². The van der Waals surface area contributed by atoms with Gasteiger partial charge in [0, 0.05) is 5.02 Å². The Morgan fingerprint density at radius 1 is 1.28 bits per heavy atom. The number of carbonyl (C=O) groups excluding carboxylic acids is 1. The highest BCUT2D eigenvalue weighted by Crippen LogP contribution is 2.15. The molecular formula is C19H18ClN3O2. The van der Waals surface area contributed by atoms with Crippen molar-refractivity contribution in [1.29, 1.82) is 5.26 Å². The summed E-state index contributed by atoms with van der Waals surface area (Å²) in [5.41, 5.74) is 4.58. The number of nitrogens with zero attached hydrogens (tertiary/aromatic N) is 2. The quantitative estimate of drug-likeness (QED) is 0.578. The van der Waals surface area contributed by atoms with E-state index in [4.69, 9.17) is 21.6 Å². The number of benzene rings is 2. The van der Waals surface area contributed by atoms with Crippen LogP contribution in [0.1, 0.15) is 24.5 Å². The van der Waals surface area contributed by atoms with Crippen molar-refractivity contribution in [2.75, 3.05) is 0 Å². The summed E-state index contributed by atoms with van der Waals surface area (Å²) in [5, 5.41) is 13.4. The van der Waals surface area contributed by atoms with Crippen LogP contribution in [0.15, 0.2) is 53.6 Å². The van der Waals surface area contributed by atoms with Gasteiger partial charge in [-0.25, -0.2) is 0 Å². The number of ketones is 1. The Morgan fingerprint density at radius 2 is 1.96 bits per heavy atom. The molecule has 0 aliphatic carbocycles. The zero-order valence-corrected chi connectivity index (χ0v) is 14.5. The second-order valence-electron chi connectivity index (χ2n) is 5.40. The molecule has 1 N–H and O–H groups in total. The Morgan fingerprint density at radius 3 is 2.56 bits per heavy atom. The van der Waals surface area contributed by atoms with Crippen LogP contribution in [0.2, 0.25) is 5.02 Å². The monoisotopic (exact) mass is 355 g/mol. The van der Waals surface area contributed by atoms with Gasteiger partial charge in [0.1, 0.15) is 18.4 Å². The standard InChI is InChI=1S/C19H18ClN3O2/c1-14(24)19(10-11-21)23-22-12-15-4-8-18(9-5-15)25-13-16-2-6-17(20)7-3-16/h2-9,12,19,23H,10,13H2,1H3. The highest BCUT2D eigenvalue weighted by molar-refractivity contribution is 6.30. The molecule has 0 radical (unpaired) electrons.